The van der Waals surface area contributed by atoms with E-state index < -0.39 is 0 Å². The normalized spacial score (nSPS) is 13.5. The van der Waals surface area contributed by atoms with Crippen molar-refractivity contribution in [2.45, 2.75) is 19.8 Å². The highest BCUT2D eigenvalue weighted by Gasteiger charge is 2.14. The smallest absolute Gasteiger partial charge is 0.122 e. The van der Waals surface area contributed by atoms with Crippen LogP contribution in [0, 0.1) is 18.3 Å². The minimum Gasteiger partial charge on any atom is -0.493 e. The molecule has 3 nitrogen and oxygen atoms in total. The number of aryl methyl sites for hydroxylation is 1. The fraction of sp³-hybridized carbons (Fsp3) is 0.312. The number of nitriles is 1. The molecule has 2 heterocycles. The van der Waals surface area contributed by atoms with Gasteiger partial charge in [-0.25, -0.2) is 0 Å². The first kappa shape index (κ1) is 11.9. The molecular weight excluding hydrogens is 236 g/mol. The Kier molecular flexibility index (Phi) is 2.79. The van der Waals surface area contributed by atoms with E-state index >= 15 is 0 Å². The lowest BCUT2D eigenvalue weighted by Crippen LogP contribution is -2.08. The largest absolute Gasteiger partial charge is 0.493 e. The Hall–Kier alpha value is -2.21. The summed E-state index contributed by atoms with van der Waals surface area (Å²) >= 11 is 0. The molecule has 0 N–H and O–H groups in total. The standard InChI is InChI=1S/C16H16N2O/c1-11-14(10-17)9-15(18(11)2)12-5-6-16-13(8-12)4-3-7-19-16/h5-6,8-9H,3-4,7H2,1-2H3. The number of nitrogens with zero attached hydrogens (tertiary/aromatic N) is 2. The second-order valence-corrected chi connectivity index (χ2v) is 4.97. The van der Waals surface area contributed by atoms with E-state index in [9.17, 15) is 0 Å². The van der Waals surface area contributed by atoms with Gasteiger partial charge in [-0.1, -0.05) is 0 Å². The van der Waals surface area contributed by atoms with E-state index in [0.29, 0.717) is 0 Å². The molecule has 0 unspecified atom stereocenters. The van der Waals surface area contributed by atoms with Crippen molar-refractivity contribution in [1.29, 1.82) is 5.26 Å². The molecule has 0 saturated heterocycles. The number of hydrogen-bond donors (Lipinski definition) is 0. The van der Waals surface area contributed by atoms with Gasteiger partial charge in [-0.15, -0.1) is 0 Å². The van der Waals surface area contributed by atoms with Crippen LogP contribution in [-0.2, 0) is 13.5 Å². The number of aromatic nitrogens is 1. The maximum absolute atomic E-state index is 9.11. The lowest BCUT2D eigenvalue weighted by atomic mass is 10.0. The lowest BCUT2D eigenvalue weighted by Gasteiger charge is -2.18. The summed E-state index contributed by atoms with van der Waals surface area (Å²) < 4.78 is 7.71. The molecule has 1 aromatic heterocycles. The number of rotatable bonds is 1. The lowest BCUT2D eigenvalue weighted by molar-refractivity contribution is 0.288. The van der Waals surface area contributed by atoms with Crippen LogP contribution in [0.1, 0.15) is 23.2 Å². The summed E-state index contributed by atoms with van der Waals surface area (Å²) in [5.41, 5.74) is 5.25. The van der Waals surface area contributed by atoms with Crippen molar-refractivity contribution in [3.8, 4) is 23.1 Å². The number of benzene rings is 1. The Morgan fingerprint density at radius 1 is 1.32 bits per heavy atom. The summed E-state index contributed by atoms with van der Waals surface area (Å²) in [5.74, 6) is 1.00. The third-order valence-corrected chi connectivity index (χ3v) is 3.86. The molecule has 3 heteroatoms. The van der Waals surface area contributed by atoms with Crippen molar-refractivity contribution in [1.82, 2.24) is 4.57 Å². The van der Waals surface area contributed by atoms with Gasteiger partial charge in [-0.2, -0.15) is 5.26 Å². The van der Waals surface area contributed by atoms with Gasteiger partial charge in [0, 0.05) is 18.4 Å². The zero-order valence-electron chi connectivity index (χ0n) is 11.2. The highest BCUT2D eigenvalue weighted by Crippen LogP contribution is 2.31. The van der Waals surface area contributed by atoms with Gasteiger partial charge in [-0.05, 0) is 55.2 Å². The van der Waals surface area contributed by atoms with Gasteiger partial charge >= 0.3 is 0 Å². The Balaban J connectivity index is 2.10. The molecule has 0 bridgehead atoms. The summed E-state index contributed by atoms with van der Waals surface area (Å²) in [6, 6.07) is 10.5. The van der Waals surface area contributed by atoms with E-state index in [1.807, 2.05) is 26.1 Å². The molecular formula is C16H16N2O. The minimum absolute atomic E-state index is 0.742. The van der Waals surface area contributed by atoms with E-state index in [0.717, 1.165) is 47.7 Å². The van der Waals surface area contributed by atoms with Gasteiger partial charge in [0.1, 0.15) is 11.8 Å². The second-order valence-electron chi connectivity index (χ2n) is 4.97. The summed E-state index contributed by atoms with van der Waals surface area (Å²) in [6.07, 6.45) is 2.14. The van der Waals surface area contributed by atoms with Crippen molar-refractivity contribution in [3.05, 3.63) is 41.1 Å². The van der Waals surface area contributed by atoms with Crippen LogP contribution < -0.4 is 4.74 Å². The molecule has 1 aliphatic heterocycles. The Morgan fingerprint density at radius 3 is 2.89 bits per heavy atom. The molecule has 0 amide bonds. The van der Waals surface area contributed by atoms with Gasteiger partial charge in [0.25, 0.3) is 0 Å². The van der Waals surface area contributed by atoms with Crippen LogP contribution in [0.15, 0.2) is 24.3 Å². The highest BCUT2D eigenvalue weighted by molar-refractivity contribution is 5.66. The highest BCUT2D eigenvalue weighted by atomic mass is 16.5. The van der Waals surface area contributed by atoms with Gasteiger partial charge in [0.15, 0.2) is 0 Å². The molecule has 1 aromatic carbocycles. The van der Waals surface area contributed by atoms with Crippen LogP contribution in [0.25, 0.3) is 11.3 Å². The number of ether oxygens (including phenoxy) is 1. The summed E-state index contributed by atoms with van der Waals surface area (Å²) in [4.78, 5) is 0. The average molecular weight is 252 g/mol. The van der Waals surface area contributed by atoms with Crippen LogP contribution in [-0.4, -0.2) is 11.2 Å². The van der Waals surface area contributed by atoms with Crippen LogP contribution in [0.5, 0.6) is 5.75 Å². The van der Waals surface area contributed by atoms with E-state index in [1.165, 1.54) is 5.56 Å². The zero-order chi connectivity index (χ0) is 13.4. The summed E-state index contributed by atoms with van der Waals surface area (Å²) in [7, 11) is 2.00. The average Bonchev–Trinajstić information content (AvgIpc) is 2.74. The predicted molar refractivity (Wildman–Crippen MR) is 74.1 cm³/mol. The van der Waals surface area contributed by atoms with Gasteiger partial charge in [0.2, 0.25) is 0 Å². The molecule has 0 radical (unpaired) electrons. The Labute approximate surface area is 113 Å². The van der Waals surface area contributed by atoms with E-state index in [1.54, 1.807) is 0 Å². The van der Waals surface area contributed by atoms with E-state index in [-0.39, 0.29) is 0 Å². The van der Waals surface area contributed by atoms with Gasteiger partial charge in [-0.3, -0.25) is 0 Å². The van der Waals surface area contributed by atoms with Crippen LogP contribution in [0.4, 0.5) is 0 Å². The third-order valence-electron chi connectivity index (χ3n) is 3.86. The first-order valence-corrected chi connectivity index (χ1v) is 6.53. The monoisotopic (exact) mass is 252 g/mol. The first-order valence-electron chi connectivity index (χ1n) is 6.53. The Bertz CT molecular complexity index is 677. The fourth-order valence-electron chi connectivity index (χ4n) is 2.61. The van der Waals surface area contributed by atoms with Gasteiger partial charge < -0.3 is 9.30 Å². The molecule has 0 spiro atoms. The molecule has 0 fully saturated rings. The summed E-state index contributed by atoms with van der Waals surface area (Å²) in [5, 5.41) is 9.11. The van der Waals surface area contributed by atoms with Crippen LogP contribution in [0.2, 0.25) is 0 Å². The zero-order valence-corrected chi connectivity index (χ0v) is 11.2. The van der Waals surface area contributed by atoms with Crippen LogP contribution in [0.3, 0.4) is 0 Å². The van der Waals surface area contributed by atoms with E-state index in [4.69, 9.17) is 10.00 Å². The SMILES string of the molecule is Cc1c(C#N)cc(-c2ccc3c(c2)CCCO3)n1C. The number of hydrogen-bond acceptors (Lipinski definition) is 2. The topological polar surface area (TPSA) is 37.9 Å². The van der Waals surface area contributed by atoms with Crippen molar-refractivity contribution in [2.75, 3.05) is 6.61 Å². The second kappa shape index (κ2) is 4.47. The first-order chi connectivity index (χ1) is 9.20. The maximum Gasteiger partial charge on any atom is 0.122 e. The van der Waals surface area contributed by atoms with Crippen molar-refractivity contribution >= 4 is 0 Å². The third kappa shape index (κ3) is 1.90. The molecule has 0 atom stereocenters. The molecule has 1 aliphatic rings. The Morgan fingerprint density at radius 2 is 2.16 bits per heavy atom. The van der Waals surface area contributed by atoms with Crippen LogP contribution >= 0.6 is 0 Å². The van der Waals surface area contributed by atoms with Gasteiger partial charge in [0.05, 0.1) is 12.2 Å². The van der Waals surface area contributed by atoms with Crippen molar-refractivity contribution < 1.29 is 4.74 Å². The quantitative estimate of drug-likeness (QED) is 0.781. The molecule has 0 aliphatic carbocycles. The minimum atomic E-state index is 0.742. The van der Waals surface area contributed by atoms with Crippen molar-refractivity contribution in [3.63, 3.8) is 0 Å². The molecule has 96 valence electrons. The molecule has 3 rings (SSSR count). The fourth-order valence-corrected chi connectivity index (χ4v) is 2.61. The maximum atomic E-state index is 9.11. The van der Waals surface area contributed by atoms with Crippen molar-refractivity contribution in [2.24, 2.45) is 7.05 Å². The van der Waals surface area contributed by atoms with E-state index in [2.05, 4.69) is 22.8 Å². The molecule has 0 saturated carbocycles. The molecule has 19 heavy (non-hydrogen) atoms. The predicted octanol–water partition coefficient (Wildman–Crippen LogP) is 3.20. The number of fused-ring (bicyclic) bond motifs is 1. The summed E-state index contributed by atoms with van der Waals surface area (Å²) in [6.45, 7) is 2.79. The molecule has 2 aromatic rings.